The van der Waals surface area contributed by atoms with E-state index < -0.39 is 18.0 Å². The summed E-state index contributed by atoms with van der Waals surface area (Å²) in [6, 6.07) is 9.81. The fourth-order valence-corrected chi connectivity index (χ4v) is 2.48. The summed E-state index contributed by atoms with van der Waals surface area (Å²) in [5, 5.41) is 22.5. The molecule has 0 aliphatic carbocycles. The molecule has 0 aliphatic heterocycles. The first-order chi connectivity index (χ1) is 11.0. The van der Waals surface area contributed by atoms with Crippen LogP contribution in [0, 0.1) is 11.3 Å². The molecule has 1 unspecified atom stereocenters. The number of carbonyl (C=O) groups excluding carboxylic acids is 2. The molecule has 23 heavy (non-hydrogen) atoms. The Kier molecular flexibility index (Phi) is 5.46. The molecule has 0 saturated heterocycles. The van der Waals surface area contributed by atoms with Gasteiger partial charge in [0.25, 0.3) is 5.91 Å². The van der Waals surface area contributed by atoms with E-state index in [2.05, 4.69) is 5.32 Å². The Labute approximate surface area is 136 Å². The Morgan fingerprint density at radius 3 is 2.65 bits per heavy atom. The highest BCUT2D eigenvalue weighted by Gasteiger charge is 2.20. The van der Waals surface area contributed by atoms with Crippen molar-refractivity contribution in [2.24, 2.45) is 0 Å². The average molecular weight is 330 g/mol. The lowest BCUT2D eigenvalue weighted by molar-refractivity contribution is -0.123. The molecule has 0 aliphatic rings. The molecule has 2 rings (SSSR count). The van der Waals surface area contributed by atoms with Gasteiger partial charge in [-0.05, 0) is 36.1 Å². The molecule has 1 amide bonds. The molecule has 2 aromatic rings. The Morgan fingerprint density at radius 1 is 1.35 bits per heavy atom. The summed E-state index contributed by atoms with van der Waals surface area (Å²) in [7, 11) is 0. The fraction of sp³-hybridized carbons (Fsp3) is 0.188. The zero-order chi connectivity index (χ0) is 16.8. The van der Waals surface area contributed by atoms with Gasteiger partial charge in [-0.3, -0.25) is 4.79 Å². The second kappa shape index (κ2) is 7.54. The van der Waals surface area contributed by atoms with Crippen LogP contribution in [0.1, 0.15) is 28.4 Å². The zero-order valence-corrected chi connectivity index (χ0v) is 13.1. The summed E-state index contributed by atoms with van der Waals surface area (Å²) < 4.78 is 5.10. The van der Waals surface area contributed by atoms with Gasteiger partial charge in [0.1, 0.15) is 11.1 Å². The number of nitriles is 1. The highest BCUT2D eigenvalue weighted by Crippen LogP contribution is 2.22. The van der Waals surface area contributed by atoms with Crippen molar-refractivity contribution in [1.29, 1.82) is 5.26 Å². The molecule has 1 aromatic carbocycles. The second-order valence-electron chi connectivity index (χ2n) is 4.67. The summed E-state index contributed by atoms with van der Waals surface area (Å²) in [6.45, 7) is 1.34. The molecule has 0 fully saturated rings. The van der Waals surface area contributed by atoms with E-state index in [1.54, 1.807) is 23.6 Å². The van der Waals surface area contributed by atoms with Crippen LogP contribution in [-0.2, 0) is 16.1 Å². The lowest BCUT2D eigenvalue weighted by Crippen LogP contribution is -2.29. The first-order valence-electron chi connectivity index (χ1n) is 6.74. The van der Waals surface area contributed by atoms with Crippen molar-refractivity contribution in [1.82, 2.24) is 0 Å². The molecule has 118 valence electrons. The molecular weight excluding hydrogens is 316 g/mol. The Morgan fingerprint density at radius 2 is 2.04 bits per heavy atom. The van der Waals surface area contributed by atoms with Crippen LogP contribution in [0.4, 0.5) is 5.00 Å². The monoisotopic (exact) mass is 330 g/mol. The number of rotatable bonds is 5. The van der Waals surface area contributed by atoms with E-state index >= 15 is 0 Å². The number of aliphatic hydroxyl groups is 1. The second-order valence-corrected chi connectivity index (χ2v) is 5.58. The Bertz CT molecular complexity index is 746. The van der Waals surface area contributed by atoms with Crippen molar-refractivity contribution in [3.05, 3.63) is 52.4 Å². The van der Waals surface area contributed by atoms with E-state index in [-0.39, 0.29) is 12.2 Å². The number of nitrogens with one attached hydrogen (secondary N) is 1. The van der Waals surface area contributed by atoms with Crippen LogP contribution in [0.5, 0.6) is 0 Å². The predicted octanol–water partition coefficient (Wildman–Crippen LogP) is 2.30. The van der Waals surface area contributed by atoms with Crippen LogP contribution in [0.2, 0.25) is 0 Å². The number of amides is 1. The number of thiophene rings is 1. The van der Waals surface area contributed by atoms with Gasteiger partial charge in [0.15, 0.2) is 6.10 Å². The number of hydrogen-bond donors (Lipinski definition) is 2. The number of hydrogen-bond acceptors (Lipinski definition) is 6. The van der Waals surface area contributed by atoms with Gasteiger partial charge in [-0.1, -0.05) is 12.1 Å². The summed E-state index contributed by atoms with van der Waals surface area (Å²) in [5.74, 6) is -1.15. The van der Waals surface area contributed by atoms with Crippen LogP contribution in [0.25, 0.3) is 0 Å². The maximum absolute atomic E-state index is 12.0. The van der Waals surface area contributed by atoms with Crippen LogP contribution < -0.4 is 5.32 Å². The molecule has 7 heteroatoms. The minimum Gasteiger partial charge on any atom is -0.449 e. The average Bonchev–Trinajstić information content (AvgIpc) is 3.01. The molecule has 0 radical (unpaired) electrons. The smallest absolute Gasteiger partial charge is 0.338 e. The van der Waals surface area contributed by atoms with Gasteiger partial charge >= 0.3 is 5.97 Å². The van der Waals surface area contributed by atoms with Crippen LogP contribution >= 0.6 is 11.3 Å². The lowest BCUT2D eigenvalue weighted by Gasteiger charge is -2.13. The molecule has 1 heterocycles. The van der Waals surface area contributed by atoms with E-state index in [0.717, 1.165) is 0 Å². The van der Waals surface area contributed by atoms with Crippen molar-refractivity contribution >= 4 is 28.2 Å². The summed E-state index contributed by atoms with van der Waals surface area (Å²) in [4.78, 5) is 24.0. The largest absolute Gasteiger partial charge is 0.449 e. The number of benzene rings is 1. The number of ether oxygens (including phenoxy) is 1. The van der Waals surface area contributed by atoms with Crippen molar-refractivity contribution in [2.75, 3.05) is 5.32 Å². The number of anilines is 1. The Balaban J connectivity index is 1.97. The molecule has 0 bridgehead atoms. The Hall–Kier alpha value is -2.69. The van der Waals surface area contributed by atoms with E-state index in [9.17, 15) is 9.59 Å². The minimum atomic E-state index is -1.01. The first kappa shape index (κ1) is 16.7. The lowest BCUT2D eigenvalue weighted by atomic mass is 10.1. The molecular formula is C16H14N2O4S. The van der Waals surface area contributed by atoms with Crippen molar-refractivity contribution in [3.8, 4) is 6.07 Å². The number of nitrogens with zero attached hydrogens (tertiary/aromatic N) is 1. The third kappa shape index (κ3) is 4.16. The normalized spacial score (nSPS) is 11.3. The summed E-state index contributed by atoms with van der Waals surface area (Å²) >= 11 is 1.22. The standard InChI is InChI=1S/C16H14N2O4S/c1-10(14(20)18-15-13(8-17)6-7-23-15)22-16(21)12-4-2-11(9-19)3-5-12/h2-7,10,19H,9H2,1H3,(H,18,20). The molecule has 0 saturated carbocycles. The minimum absolute atomic E-state index is 0.115. The van der Waals surface area contributed by atoms with Gasteiger partial charge in [0.05, 0.1) is 17.7 Å². The van der Waals surface area contributed by atoms with E-state index in [0.29, 0.717) is 16.1 Å². The van der Waals surface area contributed by atoms with Gasteiger partial charge in [0, 0.05) is 0 Å². The van der Waals surface area contributed by atoms with Gasteiger partial charge < -0.3 is 15.2 Å². The van der Waals surface area contributed by atoms with Crippen LogP contribution in [-0.4, -0.2) is 23.1 Å². The van der Waals surface area contributed by atoms with Gasteiger partial charge in [-0.2, -0.15) is 5.26 Å². The molecule has 1 aromatic heterocycles. The summed E-state index contributed by atoms with van der Waals surface area (Å²) in [6.07, 6.45) is -1.01. The van der Waals surface area contributed by atoms with E-state index in [1.165, 1.54) is 30.4 Å². The predicted molar refractivity (Wildman–Crippen MR) is 84.9 cm³/mol. The first-order valence-corrected chi connectivity index (χ1v) is 7.62. The highest BCUT2D eigenvalue weighted by atomic mass is 32.1. The van der Waals surface area contributed by atoms with Gasteiger partial charge in [0.2, 0.25) is 0 Å². The van der Waals surface area contributed by atoms with E-state index in [4.69, 9.17) is 15.1 Å². The molecule has 1 atom stereocenters. The SMILES string of the molecule is CC(OC(=O)c1ccc(CO)cc1)C(=O)Nc1sccc1C#N. The highest BCUT2D eigenvalue weighted by molar-refractivity contribution is 7.14. The van der Waals surface area contributed by atoms with Crippen LogP contribution in [0.15, 0.2) is 35.7 Å². The number of esters is 1. The molecule has 0 spiro atoms. The third-order valence-corrected chi connectivity index (χ3v) is 3.88. The zero-order valence-electron chi connectivity index (χ0n) is 12.3. The van der Waals surface area contributed by atoms with Crippen molar-refractivity contribution in [3.63, 3.8) is 0 Å². The maximum atomic E-state index is 12.0. The van der Waals surface area contributed by atoms with Crippen molar-refractivity contribution < 1.29 is 19.4 Å². The fourth-order valence-electron chi connectivity index (χ4n) is 1.74. The molecule has 2 N–H and O–H groups in total. The topological polar surface area (TPSA) is 99.4 Å². The quantitative estimate of drug-likeness (QED) is 0.820. The molecule has 6 nitrogen and oxygen atoms in total. The van der Waals surface area contributed by atoms with Gasteiger partial charge in [-0.25, -0.2) is 4.79 Å². The number of aliphatic hydroxyl groups excluding tert-OH is 1. The third-order valence-electron chi connectivity index (χ3n) is 3.05. The van der Waals surface area contributed by atoms with Gasteiger partial charge in [-0.15, -0.1) is 11.3 Å². The van der Waals surface area contributed by atoms with Crippen molar-refractivity contribution in [2.45, 2.75) is 19.6 Å². The number of carbonyl (C=O) groups is 2. The van der Waals surface area contributed by atoms with E-state index in [1.807, 2.05) is 6.07 Å². The maximum Gasteiger partial charge on any atom is 0.338 e. The summed E-state index contributed by atoms with van der Waals surface area (Å²) in [5.41, 5.74) is 1.33. The van der Waals surface area contributed by atoms with Crippen LogP contribution in [0.3, 0.4) is 0 Å².